The van der Waals surface area contributed by atoms with E-state index in [1.165, 1.54) is 0 Å². The average molecular weight is 240 g/mol. The number of hydrogen-bond acceptors (Lipinski definition) is 2. The molecule has 92 valence electrons. The molecule has 0 amide bonds. The van der Waals surface area contributed by atoms with E-state index in [4.69, 9.17) is 0 Å². The molecular formula is C15H16N2O. The summed E-state index contributed by atoms with van der Waals surface area (Å²) in [5, 5.41) is 4.29. The second-order valence-electron chi connectivity index (χ2n) is 3.97. The van der Waals surface area contributed by atoms with E-state index < -0.39 is 0 Å². The number of nitrogens with zero attached hydrogens (tertiary/aromatic N) is 1. The van der Waals surface area contributed by atoms with Crippen molar-refractivity contribution in [1.29, 1.82) is 0 Å². The third-order valence-corrected chi connectivity index (χ3v) is 2.86. The summed E-state index contributed by atoms with van der Waals surface area (Å²) < 4.78 is 1.77. The van der Waals surface area contributed by atoms with Crippen molar-refractivity contribution in [2.45, 2.75) is 20.4 Å². The second-order valence-corrected chi connectivity index (χ2v) is 3.97. The van der Waals surface area contributed by atoms with Gasteiger partial charge in [0, 0.05) is 23.7 Å². The minimum absolute atomic E-state index is 0.0440. The summed E-state index contributed by atoms with van der Waals surface area (Å²) in [5.74, 6) is 5.80. The van der Waals surface area contributed by atoms with Crippen molar-refractivity contribution in [3.63, 3.8) is 0 Å². The largest absolute Gasteiger partial charge is 0.374 e. The first-order valence-electron chi connectivity index (χ1n) is 6.03. The topological polar surface area (TPSA) is 34.0 Å². The fourth-order valence-electron chi connectivity index (χ4n) is 1.97. The maximum atomic E-state index is 11.7. The fraction of sp³-hybridized carbons (Fsp3) is 0.267. The predicted molar refractivity (Wildman–Crippen MR) is 75.8 cm³/mol. The third-order valence-electron chi connectivity index (χ3n) is 2.86. The molecule has 0 bridgehead atoms. The molecule has 0 unspecified atom stereocenters. The Hall–Kier alpha value is -2.21. The van der Waals surface area contributed by atoms with Crippen LogP contribution in [0, 0.1) is 11.8 Å². The van der Waals surface area contributed by atoms with Crippen LogP contribution in [0.15, 0.2) is 35.1 Å². The molecule has 1 aromatic carbocycles. The standard InChI is InChI=1S/C15H16N2O/c1-3-5-10-16-13-7-8-14-12(11-13)6-9-15(18)17(14)4-2/h6-9,11,16H,4,10H2,1-2H3. The van der Waals surface area contributed by atoms with Crippen LogP contribution in [0.2, 0.25) is 0 Å². The lowest BCUT2D eigenvalue weighted by Gasteiger charge is -2.09. The van der Waals surface area contributed by atoms with Crippen molar-refractivity contribution in [3.8, 4) is 11.8 Å². The summed E-state index contributed by atoms with van der Waals surface area (Å²) in [4.78, 5) is 11.7. The molecule has 1 N–H and O–H groups in total. The minimum atomic E-state index is 0.0440. The summed E-state index contributed by atoms with van der Waals surface area (Å²) in [6, 6.07) is 9.47. The Morgan fingerprint density at radius 1 is 1.28 bits per heavy atom. The van der Waals surface area contributed by atoms with Crippen LogP contribution in [0.3, 0.4) is 0 Å². The van der Waals surface area contributed by atoms with Gasteiger partial charge in [0.2, 0.25) is 0 Å². The van der Waals surface area contributed by atoms with Crippen molar-refractivity contribution >= 4 is 16.6 Å². The number of anilines is 1. The Kier molecular flexibility index (Phi) is 3.69. The number of rotatable bonds is 3. The Morgan fingerprint density at radius 3 is 2.83 bits per heavy atom. The van der Waals surface area contributed by atoms with Gasteiger partial charge in [-0.1, -0.05) is 5.92 Å². The molecule has 0 saturated carbocycles. The van der Waals surface area contributed by atoms with Gasteiger partial charge in [-0.3, -0.25) is 4.79 Å². The first-order chi connectivity index (χ1) is 8.76. The average Bonchev–Trinajstić information content (AvgIpc) is 2.39. The molecule has 0 aliphatic heterocycles. The van der Waals surface area contributed by atoms with E-state index in [0.29, 0.717) is 13.1 Å². The van der Waals surface area contributed by atoms with Gasteiger partial charge in [0.25, 0.3) is 5.56 Å². The zero-order chi connectivity index (χ0) is 13.0. The maximum Gasteiger partial charge on any atom is 0.250 e. The first-order valence-corrected chi connectivity index (χ1v) is 6.03. The molecule has 0 spiro atoms. The van der Waals surface area contributed by atoms with Crippen molar-refractivity contribution in [1.82, 2.24) is 4.57 Å². The van der Waals surface area contributed by atoms with E-state index in [-0.39, 0.29) is 5.56 Å². The van der Waals surface area contributed by atoms with Crippen molar-refractivity contribution < 1.29 is 0 Å². The number of nitrogens with one attached hydrogen (secondary N) is 1. The monoisotopic (exact) mass is 240 g/mol. The predicted octanol–water partition coefficient (Wildman–Crippen LogP) is 2.46. The molecule has 0 fully saturated rings. The van der Waals surface area contributed by atoms with E-state index in [9.17, 15) is 4.79 Å². The van der Waals surface area contributed by atoms with E-state index >= 15 is 0 Å². The molecule has 0 aliphatic carbocycles. The van der Waals surface area contributed by atoms with E-state index in [1.54, 1.807) is 10.6 Å². The highest BCUT2D eigenvalue weighted by Gasteiger charge is 2.01. The quantitative estimate of drug-likeness (QED) is 0.836. The lowest BCUT2D eigenvalue weighted by molar-refractivity contribution is 0.760. The second kappa shape index (κ2) is 5.42. The zero-order valence-electron chi connectivity index (χ0n) is 10.7. The summed E-state index contributed by atoms with van der Waals surface area (Å²) in [6.45, 7) is 5.12. The van der Waals surface area contributed by atoms with Crippen LogP contribution in [-0.2, 0) is 6.54 Å². The Bertz CT molecular complexity index is 674. The lowest BCUT2D eigenvalue weighted by atomic mass is 10.2. The van der Waals surface area contributed by atoms with Gasteiger partial charge < -0.3 is 9.88 Å². The molecule has 0 radical (unpaired) electrons. The van der Waals surface area contributed by atoms with Crippen LogP contribution in [0.25, 0.3) is 10.9 Å². The molecule has 2 aromatic rings. The van der Waals surface area contributed by atoms with Crippen LogP contribution in [-0.4, -0.2) is 11.1 Å². The van der Waals surface area contributed by atoms with E-state index in [2.05, 4.69) is 17.2 Å². The molecule has 3 heteroatoms. The summed E-state index contributed by atoms with van der Waals surface area (Å²) in [5.41, 5.74) is 2.03. The summed E-state index contributed by atoms with van der Waals surface area (Å²) >= 11 is 0. The van der Waals surface area contributed by atoms with Crippen molar-refractivity contribution in [2.75, 3.05) is 11.9 Å². The van der Waals surface area contributed by atoms with Crippen LogP contribution in [0.1, 0.15) is 13.8 Å². The highest BCUT2D eigenvalue weighted by Crippen LogP contribution is 2.17. The van der Waals surface area contributed by atoms with Crippen LogP contribution in [0.5, 0.6) is 0 Å². The van der Waals surface area contributed by atoms with Crippen LogP contribution >= 0.6 is 0 Å². The van der Waals surface area contributed by atoms with Gasteiger partial charge in [0.1, 0.15) is 0 Å². The molecule has 0 aliphatic rings. The number of hydrogen-bond donors (Lipinski definition) is 1. The van der Waals surface area contributed by atoms with Crippen LogP contribution in [0.4, 0.5) is 5.69 Å². The highest BCUT2D eigenvalue weighted by atomic mass is 16.1. The smallest absolute Gasteiger partial charge is 0.250 e. The molecule has 1 aromatic heterocycles. The van der Waals surface area contributed by atoms with Crippen molar-refractivity contribution in [3.05, 3.63) is 40.7 Å². The van der Waals surface area contributed by atoms with Gasteiger partial charge in [-0.15, -0.1) is 5.92 Å². The number of pyridine rings is 1. The maximum absolute atomic E-state index is 11.7. The molecule has 3 nitrogen and oxygen atoms in total. The van der Waals surface area contributed by atoms with Crippen LogP contribution < -0.4 is 10.9 Å². The Balaban J connectivity index is 2.43. The zero-order valence-corrected chi connectivity index (χ0v) is 10.7. The third kappa shape index (κ3) is 2.38. The highest BCUT2D eigenvalue weighted by molar-refractivity contribution is 5.82. The number of benzene rings is 1. The normalized spacial score (nSPS) is 9.89. The molecule has 18 heavy (non-hydrogen) atoms. The molecular weight excluding hydrogens is 224 g/mol. The minimum Gasteiger partial charge on any atom is -0.374 e. The van der Waals surface area contributed by atoms with Gasteiger partial charge in [0.15, 0.2) is 0 Å². The van der Waals surface area contributed by atoms with E-state index in [0.717, 1.165) is 16.6 Å². The fourth-order valence-corrected chi connectivity index (χ4v) is 1.97. The Labute approximate surface area is 106 Å². The number of aromatic nitrogens is 1. The van der Waals surface area contributed by atoms with Gasteiger partial charge in [-0.25, -0.2) is 0 Å². The summed E-state index contributed by atoms with van der Waals surface area (Å²) in [6.07, 6.45) is 0. The van der Waals surface area contributed by atoms with E-state index in [1.807, 2.05) is 38.1 Å². The molecule has 2 rings (SSSR count). The van der Waals surface area contributed by atoms with Gasteiger partial charge >= 0.3 is 0 Å². The summed E-state index contributed by atoms with van der Waals surface area (Å²) in [7, 11) is 0. The number of fused-ring (bicyclic) bond motifs is 1. The number of aryl methyl sites for hydroxylation is 1. The van der Waals surface area contributed by atoms with Gasteiger partial charge in [-0.2, -0.15) is 0 Å². The molecule has 0 saturated heterocycles. The van der Waals surface area contributed by atoms with Gasteiger partial charge in [-0.05, 0) is 38.1 Å². The molecule has 0 atom stereocenters. The SMILES string of the molecule is CC#CCNc1ccc2c(ccc(=O)n2CC)c1. The lowest BCUT2D eigenvalue weighted by Crippen LogP contribution is -2.17. The van der Waals surface area contributed by atoms with Crippen molar-refractivity contribution in [2.24, 2.45) is 0 Å². The first kappa shape index (κ1) is 12.3. The van der Waals surface area contributed by atoms with Gasteiger partial charge in [0.05, 0.1) is 12.1 Å². The molecule has 1 heterocycles. The Morgan fingerprint density at radius 2 is 2.11 bits per heavy atom.